The lowest BCUT2D eigenvalue weighted by Gasteiger charge is -2.03. The zero-order valence-electron chi connectivity index (χ0n) is 11.9. The Labute approximate surface area is 115 Å². The molecule has 0 aliphatic heterocycles. The molecule has 1 fully saturated rings. The van der Waals surface area contributed by atoms with Gasteiger partial charge >= 0.3 is 0 Å². The molecule has 3 nitrogen and oxygen atoms in total. The standard InChI is InChI=1S/C16H23N3/c1-3-16-18-14-11-12(6-9-15(14)19(16)2)5-4-10-17-13-7-8-13/h6,9,11,13,17H,3-5,7-8,10H2,1-2H3. The maximum atomic E-state index is 4.71. The maximum Gasteiger partial charge on any atom is 0.109 e. The second-order valence-electron chi connectivity index (χ2n) is 5.60. The molecule has 1 aromatic heterocycles. The molecule has 0 unspecified atom stereocenters. The Kier molecular flexibility index (Phi) is 3.56. The quantitative estimate of drug-likeness (QED) is 0.806. The van der Waals surface area contributed by atoms with Crippen molar-refractivity contribution in [2.45, 2.75) is 45.1 Å². The molecular formula is C16H23N3. The summed E-state index contributed by atoms with van der Waals surface area (Å²) < 4.78 is 2.20. The highest BCUT2D eigenvalue weighted by atomic mass is 15.1. The number of hydrogen-bond acceptors (Lipinski definition) is 2. The molecule has 3 rings (SSSR count). The van der Waals surface area contributed by atoms with E-state index < -0.39 is 0 Å². The highest BCUT2D eigenvalue weighted by Crippen LogP contribution is 2.19. The Morgan fingerprint density at radius 1 is 1.37 bits per heavy atom. The van der Waals surface area contributed by atoms with Gasteiger partial charge in [0.25, 0.3) is 0 Å². The molecule has 0 saturated heterocycles. The highest BCUT2D eigenvalue weighted by Gasteiger charge is 2.19. The number of imidazole rings is 1. The lowest BCUT2D eigenvalue weighted by Crippen LogP contribution is -2.17. The predicted molar refractivity (Wildman–Crippen MR) is 79.4 cm³/mol. The minimum atomic E-state index is 0.824. The number of nitrogens with zero attached hydrogens (tertiary/aromatic N) is 2. The third-order valence-corrected chi connectivity index (χ3v) is 4.01. The fourth-order valence-electron chi connectivity index (χ4n) is 2.65. The van der Waals surface area contributed by atoms with E-state index >= 15 is 0 Å². The van der Waals surface area contributed by atoms with Crippen LogP contribution < -0.4 is 5.32 Å². The number of aromatic nitrogens is 2. The third-order valence-electron chi connectivity index (χ3n) is 4.01. The van der Waals surface area contributed by atoms with Crippen molar-refractivity contribution in [3.8, 4) is 0 Å². The molecule has 102 valence electrons. The largest absolute Gasteiger partial charge is 0.331 e. The van der Waals surface area contributed by atoms with Crippen molar-refractivity contribution >= 4 is 11.0 Å². The van der Waals surface area contributed by atoms with E-state index in [0.717, 1.165) is 30.9 Å². The lowest BCUT2D eigenvalue weighted by molar-refractivity contribution is 0.646. The average Bonchev–Trinajstić information content (AvgIpc) is 3.19. The molecular weight excluding hydrogens is 234 g/mol. The second-order valence-corrected chi connectivity index (χ2v) is 5.60. The molecule has 3 heteroatoms. The van der Waals surface area contributed by atoms with Gasteiger partial charge in [-0.2, -0.15) is 0 Å². The van der Waals surface area contributed by atoms with E-state index in [-0.39, 0.29) is 0 Å². The zero-order chi connectivity index (χ0) is 13.2. The first-order chi connectivity index (χ1) is 9.28. The summed E-state index contributed by atoms with van der Waals surface area (Å²) in [4.78, 5) is 4.71. The van der Waals surface area contributed by atoms with Crippen molar-refractivity contribution in [1.82, 2.24) is 14.9 Å². The van der Waals surface area contributed by atoms with E-state index in [9.17, 15) is 0 Å². The van der Waals surface area contributed by atoms with Crippen LogP contribution in [0.5, 0.6) is 0 Å². The number of fused-ring (bicyclic) bond motifs is 1. The van der Waals surface area contributed by atoms with Gasteiger partial charge in [-0.25, -0.2) is 4.98 Å². The number of hydrogen-bond donors (Lipinski definition) is 1. The zero-order valence-corrected chi connectivity index (χ0v) is 11.9. The molecule has 1 aliphatic carbocycles. The Morgan fingerprint density at radius 3 is 2.95 bits per heavy atom. The van der Waals surface area contributed by atoms with Crippen LogP contribution in [0.25, 0.3) is 11.0 Å². The fraction of sp³-hybridized carbons (Fsp3) is 0.562. The predicted octanol–water partition coefficient (Wildman–Crippen LogP) is 2.82. The molecule has 1 heterocycles. The Morgan fingerprint density at radius 2 is 2.21 bits per heavy atom. The maximum absolute atomic E-state index is 4.71. The van der Waals surface area contributed by atoms with Crippen LogP contribution in [0, 0.1) is 0 Å². The number of aryl methyl sites for hydroxylation is 3. The molecule has 2 aromatic rings. The summed E-state index contributed by atoms with van der Waals surface area (Å²) in [5.74, 6) is 1.17. The van der Waals surface area contributed by atoms with E-state index in [0.29, 0.717) is 0 Å². The van der Waals surface area contributed by atoms with Crippen molar-refractivity contribution in [1.29, 1.82) is 0 Å². The molecule has 0 radical (unpaired) electrons. The molecule has 0 amide bonds. The van der Waals surface area contributed by atoms with E-state index in [4.69, 9.17) is 4.98 Å². The Balaban J connectivity index is 1.66. The van der Waals surface area contributed by atoms with Crippen LogP contribution in [0.15, 0.2) is 18.2 Å². The average molecular weight is 257 g/mol. The number of benzene rings is 1. The van der Waals surface area contributed by atoms with Crippen LogP contribution in [0.1, 0.15) is 37.6 Å². The van der Waals surface area contributed by atoms with Crippen LogP contribution in [0.4, 0.5) is 0 Å². The van der Waals surface area contributed by atoms with Crippen LogP contribution in [-0.4, -0.2) is 22.1 Å². The van der Waals surface area contributed by atoms with Gasteiger partial charge in [0, 0.05) is 19.5 Å². The first-order valence-electron chi connectivity index (χ1n) is 7.45. The normalized spacial score (nSPS) is 15.3. The van der Waals surface area contributed by atoms with Crippen LogP contribution in [0.2, 0.25) is 0 Å². The van der Waals surface area contributed by atoms with Gasteiger partial charge in [0.15, 0.2) is 0 Å². The van der Waals surface area contributed by atoms with Gasteiger partial charge in [0.1, 0.15) is 5.82 Å². The van der Waals surface area contributed by atoms with Crippen molar-refractivity contribution in [2.24, 2.45) is 7.05 Å². The molecule has 0 spiro atoms. The van der Waals surface area contributed by atoms with Crippen molar-refractivity contribution in [2.75, 3.05) is 6.54 Å². The van der Waals surface area contributed by atoms with Gasteiger partial charge in [-0.05, 0) is 49.9 Å². The molecule has 1 N–H and O–H groups in total. The molecule has 0 bridgehead atoms. The minimum Gasteiger partial charge on any atom is -0.331 e. The smallest absolute Gasteiger partial charge is 0.109 e. The van der Waals surface area contributed by atoms with Gasteiger partial charge in [-0.15, -0.1) is 0 Å². The monoisotopic (exact) mass is 257 g/mol. The van der Waals surface area contributed by atoms with Crippen molar-refractivity contribution in [3.63, 3.8) is 0 Å². The van der Waals surface area contributed by atoms with Gasteiger partial charge < -0.3 is 9.88 Å². The van der Waals surface area contributed by atoms with Gasteiger partial charge in [-0.1, -0.05) is 13.0 Å². The first kappa shape index (κ1) is 12.7. The van der Waals surface area contributed by atoms with Gasteiger partial charge in [0.05, 0.1) is 11.0 Å². The first-order valence-corrected chi connectivity index (χ1v) is 7.45. The summed E-state index contributed by atoms with van der Waals surface area (Å²) in [5.41, 5.74) is 3.80. The lowest BCUT2D eigenvalue weighted by atomic mass is 10.1. The van der Waals surface area contributed by atoms with Crippen molar-refractivity contribution in [3.05, 3.63) is 29.6 Å². The minimum absolute atomic E-state index is 0.824. The molecule has 1 aromatic carbocycles. The summed E-state index contributed by atoms with van der Waals surface area (Å²) in [5, 5.41) is 3.57. The fourth-order valence-corrected chi connectivity index (χ4v) is 2.65. The molecule has 19 heavy (non-hydrogen) atoms. The van der Waals surface area contributed by atoms with E-state index in [2.05, 4.69) is 42.1 Å². The van der Waals surface area contributed by atoms with Crippen LogP contribution in [-0.2, 0) is 19.9 Å². The molecule has 0 atom stereocenters. The van der Waals surface area contributed by atoms with Crippen molar-refractivity contribution < 1.29 is 0 Å². The van der Waals surface area contributed by atoms with E-state index in [1.165, 1.54) is 36.2 Å². The summed E-state index contributed by atoms with van der Waals surface area (Å²) in [6, 6.07) is 7.54. The van der Waals surface area contributed by atoms with Crippen LogP contribution in [0.3, 0.4) is 0 Å². The van der Waals surface area contributed by atoms with Gasteiger partial charge in [-0.3, -0.25) is 0 Å². The summed E-state index contributed by atoms with van der Waals surface area (Å²) in [7, 11) is 2.10. The Bertz CT molecular complexity index is 567. The highest BCUT2D eigenvalue weighted by molar-refractivity contribution is 5.76. The second kappa shape index (κ2) is 5.33. The topological polar surface area (TPSA) is 29.9 Å². The van der Waals surface area contributed by atoms with E-state index in [1.54, 1.807) is 0 Å². The Hall–Kier alpha value is -1.35. The number of rotatable bonds is 6. The third kappa shape index (κ3) is 2.81. The number of nitrogens with one attached hydrogen (secondary N) is 1. The summed E-state index contributed by atoms with van der Waals surface area (Å²) in [6.07, 6.45) is 6.11. The van der Waals surface area contributed by atoms with Crippen LogP contribution >= 0.6 is 0 Å². The van der Waals surface area contributed by atoms with E-state index in [1.807, 2.05) is 0 Å². The summed E-state index contributed by atoms with van der Waals surface area (Å²) >= 11 is 0. The van der Waals surface area contributed by atoms with Gasteiger partial charge in [0.2, 0.25) is 0 Å². The SMILES string of the molecule is CCc1nc2cc(CCCNC3CC3)ccc2n1C. The summed E-state index contributed by atoms with van der Waals surface area (Å²) in [6.45, 7) is 3.30. The molecule has 1 aliphatic rings. The molecule has 1 saturated carbocycles.